The third-order valence-corrected chi connectivity index (χ3v) is 7.66. The second-order valence-corrected chi connectivity index (χ2v) is 10.1. The molecule has 9 nitrogen and oxygen atoms in total. The first-order valence-corrected chi connectivity index (χ1v) is 13.8. The second kappa shape index (κ2) is 10.6. The summed E-state index contributed by atoms with van der Waals surface area (Å²) in [4.78, 5) is 19.6. The van der Waals surface area contributed by atoms with E-state index < -0.39 is 0 Å². The van der Waals surface area contributed by atoms with Gasteiger partial charge in [0.25, 0.3) is 0 Å². The molecule has 2 aliphatic rings. The molecule has 0 spiro atoms. The normalized spacial score (nSPS) is 16.3. The summed E-state index contributed by atoms with van der Waals surface area (Å²) in [5, 5.41) is 9.34. The van der Waals surface area contributed by atoms with Crippen molar-refractivity contribution in [1.29, 1.82) is 0 Å². The van der Waals surface area contributed by atoms with Gasteiger partial charge < -0.3 is 19.9 Å². The van der Waals surface area contributed by atoms with E-state index in [1.165, 1.54) is 0 Å². The third-order valence-electron chi connectivity index (χ3n) is 7.66. The molecule has 2 aliphatic heterocycles. The van der Waals surface area contributed by atoms with Crippen molar-refractivity contribution in [3.63, 3.8) is 0 Å². The molecule has 0 amide bonds. The number of ether oxygens (including phenoxy) is 1. The van der Waals surface area contributed by atoms with Crippen LogP contribution in [-0.4, -0.2) is 77.0 Å². The molecule has 5 aromatic rings. The van der Waals surface area contributed by atoms with Crippen LogP contribution in [0.2, 0.25) is 0 Å². The number of piperazine rings is 1. The smallest absolute Gasteiger partial charge is 0.178 e. The summed E-state index contributed by atoms with van der Waals surface area (Å²) in [6.45, 7) is 7.04. The molecule has 0 unspecified atom stereocenters. The molecule has 2 saturated heterocycles. The number of fused-ring (bicyclic) bond motifs is 2. The van der Waals surface area contributed by atoms with Crippen LogP contribution in [0.4, 0.5) is 11.5 Å². The van der Waals surface area contributed by atoms with Gasteiger partial charge in [0, 0.05) is 62.1 Å². The number of rotatable bonds is 6. The number of anilines is 2. The number of nitrogens with one attached hydrogen (secondary N) is 1. The zero-order valence-corrected chi connectivity index (χ0v) is 22.0. The Morgan fingerprint density at radius 2 is 1.69 bits per heavy atom. The lowest BCUT2D eigenvalue weighted by Crippen LogP contribution is -2.43. The van der Waals surface area contributed by atoms with E-state index in [1.54, 1.807) is 0 Å². The van der Waals surface area contributed by atoms with E-state index in [2.05, 4.69) is 57.6 Å². The first kappa shape index (κ1) is 24.0. The molecule has 0 aliphatic carbocycles. The van der Waals surface area contributed by atoms with Crippen molar-refractivity contribution < 1.29 is 4.74 Å². The number of aryl methyl sites for hydroxylation is 2. The minimum absolute atomic E-state index is 0.722. The second-order valence-electron chi connectivity index (χ2n) is 10.1. The molecule has 1 N–H and O–H groups in total. The number of imidazole rings is 1. The molecule has 4 aromatic heterocycles. The molecule has 0 atom stereocenters. The number of nitrogens with zero attached hydrogens (tertiary/aromatic N) is 7. The van der Waals surface area contributed by atoms with Crippen molar-refractivity contribution in [2.45, 2.75) is 12.8 Å². The first-order valence-electron chi connectivity index (χ1n) is 13.8. The van der Waals surface area contributed by atoms with Crippen LogP contribution in [0.5, 0.6) is 0 Å². The van der Waals surface area contributed by atoms with Crippen molar-refractivity contribution in [2.24, 2.45) is 0 Å². The van der Waals surface area contributed by atoms with E-state index in [1.807, 2.05) is 29.0 Å². The number of pyridine rings is 2. The van der Waals surface area contributed by atoms with Crippen LogP contribution in [0.25, 0.3) is 27.8 Å². The monoisotopic (exact) mass is 520 g/mol. The van der Waals surface area contributed by atoms with E-state index >= 15 is 0 Å². The minimum Gasteiger partial charge on any atom is -0.378 e. The predicted molar refractivity (Wildman–Crippen MR) is 153 cm³/mol. The Hall–Kier alpha value is -4.08. The lowest BCUT2D eigenvalue weighted by Gasteiger charge is -2.28. The van der Waals surface area contributed by atoms with Gasteiger partial charge in [-0.3, -0.25) is 4.98 Å². The fourth-order valence-electron chi connectivity index (χ4n) is 5.59. The standard InChI is InChI=1S/C30H32N8O/c1-2-4-25-22(3-1)5-7-24(34-25)8-9-26-29(23-6-10-28(32-21-23)37-15-13-31-14-16-37)38-30(35-26)27(11-12-33-38)36-17-19-39-20-18-36/h1-7,10-12,21,31H,8-9,13-20H2. The summed E-state index contributed by atoms with van der Waals surface area (Å²) in [6.07, 6.45) is 5.40. The summed E-state index contributed by atoms with van der Waals surface area (Å²) in [7, 11) is 0. The van der Waals surface area contributed by atoms with Gasteiger partial charge in [-0.25, -0.2) is 14.5 Å². The fraction of sp³-hybridized carbons (Fsp3) is 0.333. The zero-order valence-electron chi connectivity index (χ0n) is 22.0. The number of aromatic nitrogens is 5. The van der Waals surface area contributed by atoms with Crippen LogP contribution < -0.4 is 15.1 Å². The van der Waals surface area contributed by atoms with Gasteiger partial charge in [-0.1, -0.05) is 24.3 Å². The largest absolute Gasteiger partial charge is 0.378 e. The number of morpholine rings is 1. The Morgan fingerprint density at radius 3 is 2.54 bits per heavy atom. The summed E-state index contributed by atoms with van der Waals surface area (Å²) < 4.78 is 7.60. The first-order chi connectivity index (χ1) is 19.3. The van der Waals surface area contributed by atoms with E-state index in [4.69, 9.17) is 24.8 Å². The number of hydrogen-bond acceptors (Lipinski definition) is 8. The van der Waals surface area contributed by atoms with Gasteiger partial charge in [0.2, 0.25) is 0 Å². The lowest BCUT2D eigenvalue weighted by molar-refractivity contribution is 0.123. The van der Waals surface area contributed by atoms with Crippen LogP contribution in [0.15, 0.2) is 67.0 Å². The fourth-order valence-corrected chi connectivity index (χ4v) is 5.59. The molecule has 39 heavy (non-hydrogen) atoms. The highest BCUT2D eigenvalue weighted by Crippen LogP contribution is 2.31. The van der Waals surface area contributed by atoms with Gasteiger partial charge >= 0.3 is 0 Å². The topological polar surface area (TPSA) is 83.7 Å². The molecular weight excluding hydrogens is 488 g/mol. The molecule has 1 aromatic carbocycles. The molecular formula is C30H32N8O. The lowest BCUT2D eigenvalue weighted by atomic mass is 10.1. The summed E-state index contributed by atoms with van der Waals surface area (Å²) in [5.74, 6) is 1.01. The molecule has 0 saturated carbocycles. The minimum atomic E-state index is 0.722. The Bertz CT molecular complexity index is 1590. The Labute approximate surface area is 227 Å². The van der Waals surface area contributed by atoms with Crippen LogP contribution in [0, 0.1) is 0 Å². The quantitative estimate of drug-likeness (QED) is 0.365. The van der Waals surface area contributed by atoms with Gasteiger partial charge in [-0.15, -0.1) is 0 Å². The summed E-state index contributed by atoms with van der Waals surface area (Å²) in [5.41, 5.74) is 7.08. The molecule has 198 valence electrons. The maximum Gasteiger partial charge on any atom is 0.178 e. The molecule has 7 rings (SSSR count). The van der Waals surface area contributed by atoms with E-state index in [-0.39, 0.29) is 0 Å². The van der Waals surface area contributed by atoms with Crippen molar-refractivity contribution in [1.82, 2.24) is 29.9 Å². The summed E-state index contributed by atoms with van der Waals surface area (Å²) >= 11 is 0. The highest BCUT2D eigenvalue weighted by atomic mass is 16.5. The number of benzene rings is 1. The van der Waals surface area contributed by atoms with Crippen LogP contribution >= 0.6 is 0 Å². The predicted octanol–water partition coefficient (Wildman–Crippen LogP) is 3.37. The van der Waals surface area contributed by atoms with Crippen molar-refractivity contribution in [3.8, 4) is 11.3 Å². The molecule has 0 bridgehead atoms. The van der Waals surface area contributed by atoms with Crippen LogP contribution in [-0.2, 0) is 17.6 Å². The molecule has 9 heteroatoms. The third kappa shape index (κ3) is 4.79. The average molecular weight is 521 g/mol. The maximum atomic E-state index is 5.60. The van der Waals surface area contributed by atoms with Crippen LogP contribution in [0.1, 0.15) is 11.4 Å². The van der Waals surface area contributed by atoms with Gasteiger partial charge in [0.1, 0.15) is 5.82 Å². The SMILES string of the molecule is c1ccc2nc(CCc3nc4c(N5CCOCC5)ccnn4c3-c3ccc(N4CCNCC4)nc3)ccc2c1. The summed E-state index contributed by atoms with van der Waals surface area (Å²) in [6, 6.07) is 18.9. The average Bonchev–Trinajstić information content (AvgIpc) is 3.39. The van der Waals surface area contributed by atoms with E-state index in [0.29, 0.717) is 0 Å². The Morgan fingerprint density at radius 1 is 0.821 bits per heavy atom. The highest BCUT2D eigenvalue weighted by Gasteiger charge is 2.22. The van der Waals surface area contributed by atoms with Gasteiger partial charge in [0.15, 0.2) is 5.65 Å². The van der Waals surface area contributed by atoms with Gasteiger partial charge in [-0.2, -0.15) is 5.10 Å². The Kier molecular flexibility index (Phi) is 6.51. The number of para-hydroxylation sites is 1. The van der Waals surface area contributed by atoms with Crippen molar-refractivity contribution in [3.05, 3.63) is 78.4 Å². The van der Waals surface area contributed by atoms with E-state index in [9.17, 15) is 0 Å². The zero-order chi connectivity index (χ0) is 26.0. The van der Waals surface area contributed by atoms with Crippen molar-refractivity contribution in [2.75, 3.05) is 62.3 Å². The van der Waals surface area contributed by atoms with Crippen LogP contribution in [0.3, 0.4) is 0 Å². The van der Waals surface area contributed by atoms with Gasteiger partial charge in [0.05, 0.1) is 42.0 Å². The maximum absolute atomic E-state index is 5.60. The molecule has 2 fully saturated rings. The molecule has 6 heterocycles. The number of hydrogen-bond donors (Lipinski definition) is 1. The highest BCUT2D eigenvalue weighted by molar-refractivity contribution is 5.78. The van der Waals surface area contributed by atoms with Gasteiger partial charge in [-0.05, 0) is 43.2 Å². The van der Waals surface area contributed by atoms with Crippen molar-refractivity contribution >= 4 is 28.1 Å². The Balaban J connectivity index is 1.26. The van der Waals surface area contributed by atoms with E-state index in [0.717, 1.165) is 116 Å². The molecule has 0 radical (unpaired) electrons.